The number of hydrogen-bond donors (Lipinski definition) is 1. The van der Waals surface area contributed by atoms with Gasteiger partial charge in [0.1, 0.15) is 0 Å². The molecule has 29 heavy (non-hydrogen) atoms. The van der Waals surface area contributed by atoms with Crippen molar-refractivity contribution in [1.29, 1.82) is 0 Å². The van der Waals surface area contributed by atoms with Crippen LogP contribution in [-0.4, -0.2) is 60.7 Å². The van der Waals surface area contributed by atoms with Crippen LogP contribution in [0.15, 0.2) is 29.2 Å². The van der Waals surface area contributed by atoms with E-state index in [0.29, 0.717) is 23.9 Å². The van der Waals surface area contributed by atoms with Crippen molar-refractivity contribution in [3.8, 4) is 11.4 Å². The molecule has 158 valence electrons. The maximum Gasteiger partial charge on any atom is 0.250 e. The summed E-state index contributed by atoms with van der Waals surface area (Å²) in [5, 5.41) is 3.17. The molecule has 0 aliphatic carbocycles. The van der Waals surface area contributed by atoms with Crippen molar-refractivity contribution >= 4 is 50.6 Å². The molecule has 0 radical (unpaired) electrons. The quantitative estimate of drug-likeness (QED) is 0.480. The van der Waals surface area contributed by atoms with Crippen LogP contribution in [0, 0.1) is 0 Å². The fourth-order valence-corrected chi connectivity index (χ4v) is 3.96. The Balaban J connectivity index is 1.78. The highest BCUT2D eigenvalue weighted by Gasteiger charge is 2.28. The number of anilines is 1. The van der Waals surface area contributed by atoms with Crippen molar-refractivity contribution < 1.29 is 8.42 Å². The molecule has 0 amide bonds. The average molecular weight is 479 g/mol. The molecule has 2 heterocycles. The molecule has 1 aliphatic rings. The van der Waals surface area contributed by atoms with E-state index in [1.54, 1.807) is 12.1 Å². The second-order valence-corrected chi connectivity index (χ2v) is 11.2. The number of hydrogen-bond acceptors (Lipinski definition) is 7. The first-order valence-corrected chi connectivity index (χ1v) is 12.3. The van der Waals surface area contributed by atoms with Crippen molar-refractivity contribution in [3.05, 3.63) is 30.1 Å². The Bertz CT molecular complexity index is 943. The van der Waals surface area contributed by atoms with E-state index in [1.165, 1.54) is 25.0 Å². The minimum Gasteiger partial charge on any atom is -0.354 e. The molecule has 1 aliphatic heterocycles. The van der Waals surface area contributed by atoms with Gasteiger partial charge in [0, 0.05) is 18.4 Å². The van der Waals surface area contributed by atoms with Crippen molar-refractivity contribution in [3.63, 3.8) is 0 Å². The van der Waals surface area contributed by atoms with Crippen LogP contribution in [-0.2, 0) is 13.6 Å². The highest BCUT2D eigenvalue weighted by molar-refractivity contribution is 7.90. The average Bonchev–Trinajstić information content (AvgIpc) is 3.17. The van der Waals surface area contributed by atoms with E-state index in [4.69, 9.17) is 34.8 Å². The van der Waals surface area contributed by atoms with Gasteiger partial charge < -0.3 is 10.2 Å². The number of halogens is 3. The van der Waals surface area contributed by atoms with Gasteiger partial charge in [-0.05, 0) is 63.2 Å². The van der Waals surface area contributed by atoms with E-state index in [-0.39, 0.29) is 10.7 Å². The van der Waals surface area contributed by atoms with E-state index >= 15 is 0 Å². The van der Waals surface area contributed by atoms with Gasteiger partial charge in [-0.15, -0.1) is 0 Å². The Morgan fingerprint density at radius 3 is 2.31 bits per heavy atom. The van der Waals surface area contributed by atoms with Crippen LogP contribution in [0.5, 0.6) is 0 Å². The molecule has 0 unspecified atom stereocenters. The zero-order chi connectivity index (χ0) is 21.1. The topological polar surface area (TPSA) is 88.1 Å². The fraction of sp³-hybridized carbons (Fsp3) is 0.500. The number of benzene rings is 1. The summed E-state index contributed by atoms with van der Waals surface area (Å²) < 4.78 is 21.5. The normalized spacial score (nSPS) is 15.6. The minimum absolute atomic E-state index is 0.00160. The third-order valence-corrected chi connectivity index (χ3v) is 6.20. The SMILES string of the molecule is CS(=O)(=O)c1ccc(-c2nc(NCCCN3CCCC3)nc(C(Cl)(Cl)Cl)n2)cc1. The second kappa shape index (κ2) is 9.31. The van der Waals surface area contributed by atoms with Gasteiger partial charge in [0.15, 0.2) is 21.5 Å². The number of likely N-dealkylation sites (tertiary alicyclic amines) is 1. The maximum atomic E-state index is 11.7. The van der Waals surface area contributed by atoms with Crippen LogP contribution < -0.4 is 5.32 Å². The zero-order valence-electron chi connectivity index (χ0n) is 15.9. The molecular formula is C18H22Cl3N5O2S. The van der Waals surface area contributed by atoms with E-state index in [1.807, 2.05) is 0 Å². The molecule has 3 rings (SSSR count). The molecule has 1 saturated heterocycles. The van der Waals surface area contributed by atoms with Crippen LogP contribution in [0.2, 0.25) is 0 Å². The molecule has 11 heteroatoms. The summed E-state index contributed by atoms with van der Waals surface area (Å²) in [6, 6.07) is 6.22. The Hall–Kier alpha value is -1.19. The van der Waals surface area contributed by atoms with Crippen molar-refractivity contribution in [2.75, 3.05) is 37.8 Å². The van der Waals surface area contributed by atoms with Crippen LogP contribution in [0.4, 0.5) is 5.95 Å². The Morgan fingerprint density at radius 1 is 1.07 bits per heavy atom. The van der Waals surface area contributed by atoms with E-state index in [0.717, 1.165) is 32.3 Å². The summed E-state index contributed by atoms with van der Waals surface area (Å²) in [6.07, 6.45) is 4.60. The van der Waals surface area contributed by atoms with Crippen LogP contribution in [0.25, 0.3) is 11.4 Å². The third kappa shape index (κ3) is 6.39. The monoisotopic (exact) mass is 477 g/mol. The van der Waals surface area contributed by atoms with Gasteiger partial charge in [0.05, 0.1) is 4.90 Å². The lowest BCUT2D eigenvalue weighted by molar-refractivity contribution is 0.337. The first kappa shape index (κ1) is 22.5. The summed E-state index contributed by atoms with van der Waals surface area (Å²) in [7, 11) is -3.30. The van der Waals surface area contributed by atoms with Crippen LogP contribution >= 0.6 is 34.8 Å². The number of rotatable bonds is 7. The largest absolute Gasteiger partial charge is 0.354 e. The molecule has 0 saturated carbocycles. The fourth-order valence-electron chi connectivity index (χ4n) is 3.07. The molecule has 0 spiro atoms. The molecule has 1 aromatic heterocycles. The molecule has 1 aromatic carbocycles. The minimum atomic E-state index is -3.30. The van der Waals surface area contributed by atoms with Crippen LogP contribution in [0.3, 0.4) is 0 Å². The lowest BCUT2D eigenvalue weighted by Crippen LogP contribution is -2.23. The highest BCUT2D eigenvalue weighted by atomic mass is 35.6. The van der Waals surface area contributed by atoms with Crippen molar-refractivity contribution in [2.45, 2.75) is 28.0 Å². The van der Waals surface area contributed by atoms with E-state index in [2.05, 4.69) is 25.2 Å². The summed E-state index contributed by atoms with van der Waals surface area (Å²) in [6.45, 7) is 3.98. The van der Waals surface area contributed by atoms with Gasteiger partial charge in [0.25, 0.3) is 0 Å². The predicted octanol–water partition coefficient (Wildman–Crippen LogP) is 3.67. The molecule has 7 nitrogen and oxygen atoms in total. The highest BCUT2D eigenvalue weighted by Crippen LogP contribution is 2.36. The van der Waals surface area contributed by atoms with Gasteiger partial charge in [-0.3, -0.25) is 0 Å². The molecular weight excluding hydrogens is 457 g/mol. The van der Waals surface area contributed by atoms with E-state index in [9.17, 15) is 8.42 Å². The smallest absolute Gasteiger partial charge is 0.250 e. The summed E-state index contributed by atoms with van der Waals surface area (Å²) in [5.74, 6) is 0.607. The number of alkyl halides is 3. The molecule has 1 fully saturated rings. The van der Waals surface area contributed by atoms with Crippen molar-refractivity contribution in [1.82, 2.24) is 19.9 Å². The number of sulfone groups is 1. The second-order valence-electron chi connectivity index (χ2n) is 6.93. The first-order chi connectivity index (χ1) is 13.6. The van der Waals surface area contributed by atoms with Crippen molar-refractivity contribution in [2.24, 2.45) is 0 Å². The molecule has 2 aromatic rings. The number of nitrogens with one attached hydrogen (secondary N) is 1. The van der Waals surface area contributed by atoms with Gasteiger partial charge in [-0.25, -0.2) is 13.4 Å². The van der Waals surface area contributed by atoms with Gasteiger partial charge in [-0.2, -0.15) is 9.97 Å². The molecule has 0 bridgehead atoms. The van der Waals surface area contributed by atoms with Gasteiger partial charge >= 0.3 is 0 Å². The number of aromatic nitrogens is 3. The third-order valence-electron chi connectivity index (χ3n) is 4.56. The van der Waals surface area contributed by atoms with Gasteiger partial charge in [0.2, 0.25) is 9.74 Å². The maximum absolute atomic E-state index is 11.7. The molecule has 1 N–H and O–H groups in total. The first-order valence-electron chi connectivity index (χ1n) is 9.23. The zero-order valence-corrected chi connectivity index (χ0v) is 19.0. The lowest BCUT2D eigenvalue weighted by Gasteiger charge is -2.15. The van der Waals surface area contributed by atoms with E-state index < -0.39 is 13.6 Å². The summed E-state index contributed by atoms with van der Waals surface area (Å²) in [5.41, 5.74) is 0.593. The Labute approximate surface area is 185 Å². The van der Waals surface area contributed by atoms with Gasteiger partial charge in [-0.1, -0.05) is 34.8 Å². The Morgan fingerprint density at radius 2 is 1.72 bits per heavy atom. The number of nitrogens with zero attached hydrogens (tertiary/aromatic N) is 4. The summed E-state index contributed by atoms with van der Waals surface area (Å²) in [4.78, 5) is 15.5. The Kier molecular flexibility index (Phi) is 7.22. The predicted molar refractivity (Wildman–Crippen MR) is 116 cm³/mol. The lowest BCUT2D eigenvalue weighted by atomic mass is 10.2. The standard InChI is InChI=1S/C18H22Cl3N5O2S/c1-29(27,28)14-7-5-13(6-8-14)15-23-16(18(19,20)21)25-17(24-15)22-9-4-12-26-10-2-3-11-26/h5-8H,2-4,9-12H2,1H3,(H,22,23,24,25). The van der Waals surface area contributed by atoms with Crippen LogP contribution in [0.1, 0.15) is 25.1 Å². The summed E-state index contributed by atoms with van der Waals surface area (Å²) >= 11 is 18.0. The molecule has 0 atom stereocenters.